The summed E-state index contributed by atoms with van der Waals surface area (Å²) in [6.45, 7) is 11.0. The fraction of sp³-hybridized carbons (Fsp3) is 0.846. The molecule has 0 aromatic carbocycles. The number of rotatable bonds is 3. The minimum Gasteiger partial charge on any atom is -0.461 e. The molecule has 98 valence electrons. The highest BCUT2D eigenvalue weighted by Crippen LogP contribution is 2.42. The van der Waals surface area contributed by atoms with Crippen LogP contribution in [-0.4, -0.2) is 24.1 Å². The van der Waals surface area contributed by atoms with E-state index in [0.717, 1.165) is 0 Å². The van der Waals surface area contributed by atoms with Crippen molar-refractivity contribution in [2.75, 3.05) is 6.61 Å². The number of cyclic esters (lactones) is 1. The second kappa shape index (κ2) is 4.00. The van der Waals surface area contributed by atoms with Crippen molar-refractivity contribution in [3.8, 4) is 0 Å². The lowest BCUT2D eigenvalue weighted by Crippen LogP contribution is -2.48. The van der Waals surface area contributed by atoms with Crippen LogP contribution >= 0.6 is 0 Å². The Hall–Kier alpha value is -1.06. The molecule has 0 radical (unpaired) electrons. The highest BCUT2D eigenvalue weighted by molar-refractivity contribution is 5.82. The van der Waals surface area contributed by atoms with E-state index in [1.54, 1.807) is 20.8 Å². The Bertz CT molecular complexity index is 343. The van der Waals surface area contributed by atoms with Gasteiger partial charge in [0.2, 0.25) is 0 Å². The van der Waals surface area contributed by atoms with Crippen molar-refractivity contribution in [1.29, 1.82) is 0 Å². The van der Waals surface area contributed by atoms with E-state index in [4.69, 9.17) is 9.47 Å². The first kappa shape index (κ1) is 14.0. The summed E-state index contributed by atoms with van der Waals surface area (Å²) in [5, 5.41) is 0. The van der Waals surface area contributed by atoms with E-state index in [9.17, 15) is 9.59 Å². The van der Waals surface area contributed by atoms with E-state index in [2.05, 4.69) is 0 Å². The maximum atomic E-state index is 12.1. The molecule has 4 heteroatoms. The summed E-state index contributed by atoms with van der Waals surface area (Å²) in [5.41, 5.74) is -2.22. The van der Waals surface area contributed by atoms with Gasteiger partial charge >= 0.3 is 11.9 Å². The first-order valence-corrected chi connectivity index (χ1v) is 5.97. The molecule has 0 saturated carbocycles. The quantitative estimate of drug-likeness (QED) is 0.713. The third kappa shape index (κ3) is 2.17. The Morgan fingerprint density at radius 2 is 1.94 bits per heavy atom. The Kier molecular flexibility index (Phi) is 3.29. The van der Waals surface area contributed by atoms with Crippen molar-refractivity contribution >= 4 is 11.9 Å². The Balaban J connectivity index is 2.89. The van der Waals surface area contributed by atoms with Gasteiger partial charge in [-0.15, -0.1) is 0 Å². The predicted molar refractivity (Wildman–Crippen MR) is 63.3 cm³/mol. The van der Waals surface area contributed by atoms with Crippen molar-refractivity contribution in [3.63, 3.8) is 0 Å². The fourth-order valence-corrected chi connectivity index (χ4v) is 1.42. The van der Waals surface area contributed by atoms with Crippen LogP contribution in [-0.2, 0) is 19.1 Å². The second-order valence-electron chi connectivity index (χ2n) is 6.06. The Labute approximate surface area is 103 Å². The summed E-state index contributed by atoms with van der Waals surface area (Å²) in [4.78, 5) is 23.7. The largest absolute Gasteiger partial charge is 0.461 e. The average Bonchev–Trinajstić information content (AvgIpc) is 2.42. The van der Waals surface area contributed by atoms with Gasteiger partial charge in [0.05, 0.1) is 5.41 Å². The number of esters is 2. The van der Waals surface area contributed by atoms with Crippen LogP contribution in [0.4, 0.5) is 0 Å². The van der Waals surface area contributed by atoms with E-state index in [0.29, 0.717) is 6.42 Å². The summed E-state index contributed by atoms with van der Waals surface area (Å²) in [6.07, 6.45) is 0.692. The molecule has 0 spiro atoms. The molecule has 0 unspecified atom stereocenters. The normalized spacial score (nSPS) is 27.8. The number of ether oxygens (including phenoxy) is 2. The van der Waals surface area contributed by atoms with Crippen LogP contribution in [0.2, 0.25) is 0 Å². The van der Waals surface area contributed by atoms with Gasteiger partial charge in [-0.05, 0) is 41.0 Å². The lowest BCUT2D eigenvalue weighted by molar-refractivity contribution is -0.177. The third-order valence-electron chi connectivity index (χ3n) is 4.07. The summed E-state index contributed by atoms with van der Waals surface area (Å²) >= 11 is 0. The highest BCUT2D eigenvalue weighted by atomic mass is 16.6. The van der Waals surface area contributed by atoms with Crippen LogP contribution in [0.15, 0.2) is 0 Å². The molecule has 1 heterocycles. The van der Waals surface area contributed by atoms with Gasteiger partial charge in [-0.1, -0.05) is 6.92 Å². The van der Waals surface area contributed by atoms with E-state index in [-0.39, 0.29) is 18.5 Å². The van der Waals surface area contributed by atoms with Gasteiger partial charge in [-0.25, -0.2) is 0 Å². The lowest BCUT2D eigenvalue weighted by atomic mass is 9.78. The Morgan fingerprint density at radius 1 is 1.41 bits per heavy atom. The highest BCUT2D eigenvalue weighted by Gasteiger charge is 2.57. The minimum atomic E-state index is -0.881. The monoisotopic (exact) mass is 242 g/mol. The molecule has 1 fully saturated rings. The molecule has 1 rings (SSSR count). The lowest BCUT2D eigenvalue weighted by Gasteiger charge is -2.35. The molecule has 1 saturated heterocycles. The zero-order valence-corrected chi connectivity index (χ0v) is 11.5. The molecular weight excluding hydrogens is 220 g/mol. The van der Waals surface area contributed by atoms with Crippen LogP contribution in [0.5, 0.6) is 0 Å². The number of carbonyl (C=O) groups excluding carboxylic acids is 2. The van der Waals surface area contributed by atoms with Crippen molar-refractivity contribution < 1.29 is 19.1 Å². The van der Waals surface area contributed by atoms with E-state index < -0.39 is 16.4 Å². The smallest absolute Gasteiger partial charge is 0.315 e. The topological polar surface area (TPSA) is 52.6 Å². The first-order chi connectivity index (χ1) is 7.57. The number of carbonyl (C=O) groups is 2. The van der Waals surface area contributed by atoms with Crippen LogP contribution in [0, 0.1) is 10.8 Å². The van der Waals surface area contributed by atoms with Gasteiger partial charge in [0.25, 0.3) is 0 Å². The molecule has 1 aliphatic heterocycles. The zero-order valence-electron chi connectivity index (χ0n) is 11.5. The van der Waals surface area contributed by atoms with Crippen LogP contribution < -0.4 is 0 Å². The maximum Gasteiger partial charge on any atom is 0.315 e. The van der Waals surface area contributed by atoms with E-state index in [1.165, 1.54) is 0 Å². The Morgan fingerprint density at radius 3 is 2.29 bits per heavy atom. The second-order valence-corrected chi connectivity index (χ2v) is 6.06. The fourth-order valence-electron chi connectivity index (χ4n) is 1.42. The van der Waals surface area contributed by atoms with Gasteiger partial charge < -0.3 is 9.47 Å². The van der Waals surface area contributed by atoms with Crippen molar-refractivity contribution in [2.24, 2.45) is 10.8 Å². The number of hydrogen-bond acceptors (Lipinski definition) is 4. The average molecular weight is 242 g/mol. The van der Waals surface area contributed by atoms with Crippen molar-refractivity contribution in [3.05, 3.63) is 0 Å². The maximum absolute atomic E-state index is 12.1. The SMILES string of the molecule is CCC(C)(C)C(=O)O[C@]1(C)COC(=O)C1(C)C. The molecule has 4 nitrogen and oxygen atoms in total. The molecule has 0 amide bonds. The van der Waals surface area contributed by atoms with Gasteiger partial charge in [0.15, 0.2) is 5.60 Å². The predicted octanol–water partition coefficient (Wildman–Crippen LogP) is 2.31. The molecule has 0 N–H and O–H groups in total. The summed E-state index contributed by atoms with van der Waals surface area (Å²) in [6, 6.07) is 0. The number of hydrogen-bond donors (Lipinski definition) is 0. The third-order valence-corrected chi connectivity index (χ3v) is 4.07. The van der Waals surface area contributed by atoms with Crippen LogP contribution in [0.3, 0.4) is 0 Å². The van der Waals surface area contributed by atoms with Gasteiger partial charge in [0, 0.05) is 0 Å². The molecule has 17 heavy (non-hydrogen) atoms. The summed E-state index contributed by atoms with van der Waals surface area (Å²) < 4.78 is 10.6. The van der Waals surface area contributed by atoms with E-state index >= 15 is 0 Å². The zero-order chi connectivity index (χ0) is 13.5. The molecule has 1 atom stereocenters. The summed E-state index contributed by atoms with van der Waals surface area (Å²) in [7, 11) is 0. The van der Waals surface area contributed by atoms with Crippen molar-refractivity contribution in [1.82, 2.24) is 0 Å². The van der Waals surface area contributed by atoms with Gasteiger partial charge in [0.1, 0.15) is 12.0 Å². The standard InChI is InChI=1S/C13H22O4/c1-7-11(2,3)9(14)17-13(6)8-16-10(15)12(13,4)5/h7-8H2,1-6H3/t13-/m1/s1. The molecule has 1 aliphatic rings. The first-order valence-electron chi connectivity index (χ1n) is 5.97. The molecule has 0 bridgehead atoms. The molecule has 0 aromatic rings. The van der Waals surface area contributed by atoms with Crippen molar-refractivity contribution in [2.45, 2.75) is 53.6 Å². The van der Waals surface area contributed by atoms with Gasteiger partial charge in [-0.2, -0.15) is 0 Å². The molecule has 0 aliphatic carbocycles. The molecular formula is C13H22O4. The van der Waals surface area contributed by atoms with Crippen LogP contribution in [0.1, 0.15) is 48.0 Å². The van der Waals surface area contributed by atoms with Crippen LogP contribution in [0.25, 0.3) is 0 Å². The molecule has 0 aromatic heterocycles. The minimum absolute atomic E-state index is 0.129. The summed E-state index contributed by atoms with van der Waals surface area (Å²) in [5.74, 6) is -0.601. The van der Waals surface area contributed by atoms with E-state index in [1.807, 2.05) is 20.8 Å². The van der Waals surface area contributed by atoms with Gasteiger partial charge in [-0.3, -0.25) is 9.59 Å².